The van der Waals surface area contributed by atoms with Crippen molar-refractivity contribution >= 4 is 0 Å². The van der Waals surface area contributed by atoms with E-state index >= 15 is 0 Å². The molecule has 1 heteroatoms. The Hall–Kier alpha value is -0.0400. The van der Waals surface area contributed by atoms with Crippen molar-refractivity contribution < 1.29 is 5.11 Å². The Balaban J connectivity index is 1.70. The van der Waals surface area contributed by atoms with E-state index in [-0.39, 0.29) is 6.10 Å². The zero-order valence-corrected chi connectivity index (χ0v) is 9.91. The van der Waals surface area contributed by atoms with Crippen molar-refractivity contribution in [2.45, 2.75) is 64.4 Å². The zero-order chi connectivity index (χ0) is 10.5. The Kier molecular flexibility index (Phi) is 2.35. The van der Waals surface area contributed by atoms with Crippen LogP contribution in [-0.4, -0.2) is 11.2 Å². The average molecular weight is 208 g/mol. The standard InChI is InChI=1S/C14H24O/c1-10(15)2-3-14-7-11-4-12(8-14)6-13(5-11)9-14/h10-13,15H,2-9H2,1H3/t10-,11?,12?,13?,14?/m1/s1. The van der Waals surface area contributed by atoms with Crippen molar-refractivity contribution in [3.8, 4) is 0 Å². The lowest BCUT2D eigenvalue weighted by Crippen LogP contribution is -2.46. The van der Waals surface area contributed by atoms with Gasteiger partial charge in [-0.05, 0) is 81.5 Å². The first kappa shape index (κ1) is 10.1. The molecule has 0 amide bonds. The maximum atomic E-state index is 9.45. The van der Waals surface area contributed by atoms with Gasteiger partial charge < -0.3 is 5.11 Å². The van der Waals surface area contributed by atoms with E-state index in [2.05, 4.69) is 0 Å². The van der Waals surface area contributed by atoms with E-state index in [1.807, 2.05) is 6.92 Å². The third-order valence-corrected chi connectivity index (χ3v) is 5.26. The molecule has 4 fully saturated rings. The molecular weight excluding hydrogens is 184 g/mol. The van der Waals surface area contributed by atoms with Gasteiger partial charge >= 0.3 is 0 Å². The molecule has 0 heterocycles. The van der Waals surface area contributed by atoms with Crippen LogP contribution < -0.4 is 0 Å². The Morgan fingerprint density at radius 3 is 1.93 bits per heavy atom. The summed E-state index contributed by atoms with van der Waals surface area (Å²) in [5.74, 6) is 3.18. The number of hydrogen-bond acceptors (Lipinski definition) is 1. The second-order valence-corrected chi connectivity index (χ2v) is 6.81. The highest BCUT2D eigenvalue weighted by Gasteiger charge is 2.50. The molecule has 1 N–H and O–H groups in total. The van der Waals surface area contributed by atoms with Gasteiger partial charge in [-0.15, -0.1) is 0 Å². The van der Waals surface area contributed by atoms with E-state index in [9.17, 15) is 5.11 Å². The normalized spacial score (nSPS) is 49.6. The summed E-state index contributed by atoms with van der Waals surface area (Å²) in [6.07, 6.45) is 11.3. The van der Waals surface area contributed by atoms with Gasteiger partial charge in [-0.3, -0.25) is 0 Å². The highest BCUT2D eigenvalue weighted by Crippen LogP contribution is 2.61. The molecule has 4 aliphatic carbocycles. The molecule has 0 spiro atoms. The summed E-state index contributed by atoms with van der Waals surface area (Å²) in [6.45, 7) is 1.94. The Morgan fingerprint density at radius 1 is 1.07 bits per heavy atom. The molecule has 4 bridgehead atoms. The summed E-state index contributed by atoms with van der Waals surface area (Å²) in [5.41, 5.74) is 0.672. The lowest BCUT2D eigenvalue weighted by atomic mass is 9.48. The number of aliphatic hydroxyl groups excluding tert-OH is 1. The average Bonchev–Trinajstić information content (AvgIpc) is 2.12. The molecular formula is C14H24O. The van der Waals surface area contributed by atoms with Crippen molar-refractivity contribution in [2.24, 2.45) is 23.2 Å². The van der Waals surface area contributed by atoms with Crippen LogP contribution >= 0.6 is 0 Å². The van der Waals surface area contributed by atoms with Crippen LogP contribution in [0, 0.1) is 23.2 Å². The summed E-state index contributed by atoms with van der Waals surface area (Å²) in [4.78, 5) is 0. The van der Waals surface area contributed by atoms with E-state index in [1.54, 1.807) is 0 Å². The van der Waals surface area contributed by atoms with Crippen molar-refractivity contribution in [3.63, 3.8) is 0 Å². The number of aliphatic hydroxyl groups is 1. The van der Waals surface area contributed by atoms with Gasteiger partial charge in [0.1, 0.15) is 0 Å². The van der Waals surface area contributed by atoms with E-state index in [0.717, 1.165) is 24.2 Å². The van der Waals surface area contributed by atoms with Gasteiger partial charge in [0, 0.05) is 0 Å². The van der Waals surface area contributed by atoms with Crippen LogP contribution in [0.5, 0.6) is 0 Å². The summed E-state index contributed by atoms with van der Waals surface area (Å²) >= 11 is 0. The molecule has 0 aliphatic heterocycles. The highest BCUT2D eigenvalue weighted by atomic mass is 16.3. The molecule has 0 saturated heterocycles. The Labute approximate surface area is 93.3 Å². The third kappa shape index (κ3) is 1.84. The predicted molar refractivity (Wildman–Crippen MR) is 61.5 cm³/mol. The van der Waals surface area contributed by atoms with Gasteiger partial charge in [0.15, 0.2) is 0 Å². The predicted octanol–water partition coefficient (Wildman–Crippen LogP) is 3.36. The van der Waals surface area contributed by atoms with E-state index in [4.69, 9.17) is 0 Å². The zero-order valence-electron chi connectivity index (χ0n) is 9.91. The molecule has 4 rings (SSSR count). The van der Waals surface area contributed by atoms with Crippen molar-refractivity contribution in [1.82, 2.24) is 0 Å². The topological polar surface area (TPSA) is 20.2 Å². The molecule has 0 radical (unpaired) electrons. The van der Waals surface area contributed by atoms with Crippen molar-refractivity contribution in [1.29, 1.82) is 0 Å². The molecule has 4 saturated carbocycles. The SMILES string of the molecule is C[C@@H](O)CCC12CC3CC(CC(C3)C1)C2. The first-order chi connectivity index (χ1) is 7.15. The van der Waals surface area contributed by atoms with Crippen LogP contribution in [0.2, 0.25) is 0 Å². The molecule has 1 atom stereocenters. The van der Waals surface area contributed by atoms with Gasteiger partial charge in [-0.2, -0.15) is 0 Å². The highest BCUT2D eigenvalue weighted by molar-refractivity contribution is 5.01. The lowest BCUT2D eigenvalue weighted by molar-refractivity contribution is -0.0622. The van der Waals surface area contributed by atoms with Crippen molar-refractivity contribution in [2.75, 3.05) is 0 Å². The molecule has 0 unspecified atom stereocenters. The maximum Gasteiger partial charge on any atom is 0.0512 e. The fraction of sp³-hybridized carbons (Fsp3) is 1.00. The van der Waals surface area contributed by atoms with Crippen LogP contribution in [0.1, 0.15) is 58.3 Å². The minimum atomic E-state index is -0.0852. The van der Waals surface area contributed by atoms with Gasteiger partial charge in [-0.25, -0.2) is 0 Å². The van der Waals surface area contributed by atoms with E-state index in [1.165, 1.54) is 44.9 Å². The van der Waals surface area contributed by atoms with Crippen LogP contribution in [0.25, 0.3) is 0 Å². The summed E-state index contributed by atoms with van der Waals surface area (Å²) < 4.78 is 0. The minimum Gasteiger partial charge on any atom is -0.393 e. The van der Waals surface area contributed by atoms with Crippen LogP contribution in [0.3, 0.4) is 0 Å². The van der Waals surface area contributed by atoms with Crippen LogP contribution in [0.4, 0.5) is 0 Å². The largest absolute Gasteiger partial charge is 0.393 e. The van der Waals surface area contributed by atoms with Gasteiger partial charge in [0.05, 0.1) is 6.10 Å². The summed E-state index contributed by atoms with van der Waals surface area (Å²) in [7, 11) is 0. The molecule has 0 aromatic heterocycles. The quantitative estimate of drug-likeness (QED) is 0.754. The molecule has 15 heavy (non-hydrogen) atoms. The number of hydrogen-bond donors (Lipinski definition) is 1. The van der Waals surface area contributed by atoms with Gasteiger partial charge in [-0.1, -0.05) is 0 Å². The second-order valence-electron chi connectivity index (χ2n) is 6.81. The van der Waals surface area contributed by atoms with Crippen molar-refractivity contribution in [3.05, 3.63) is 0 Å². The fourth-order valence-electron chi connectivity index (χ4n) is 5.11. The second kappa shape index (κ2) is 3.48. The number of rotatable bonds is 3. The van der Waals surface area contributed by atoms with E-state index < -0.39 is 0 Å². The van der Waals surface area contributed by atoms with Crippen LogP contribution in [0.15, 0.2) is 0 Å². The molecule has 0 aromatic carbocycles. The summed E-state index contributed by atoms with van der Waals surface area (Å²) in [6, 6.07) is 0. The smallest absolute Gasteiger partial charge is 0.0512 e. The first-order valence-electron chi connectivity index (χ1n) is 6.83. The molecule has 1 nitrogen and oxygen atoms in total. The maximum absolute atomic E-state index is 9.45. The molecule has 86 valence electrons. The van der Waals surface area contributed by atoms with Gasteiger partial charge in [0.2, 0.25) is 0 Å². The van der Waals surface area contributed by atoms with Crippen LogP contribution in [-0.2, 0) is 0 Å². The van der Waals surface area contributed by atoms with Gasteiger partial charge in [0.25, 0.3) is 0 Å². The molecule has 4 aliphatic rings. The monoisotopic (exact) mass is 208 g/mol. The lowest BCUT2D eigenvalue weighted by Gasteiger charge is -2.57. The summed E-state index contributed by atoms with van der Waals surface area (Å²) in [5, 5.41) is 9.45. The first-order valence-corrected chi connectivity index (χ1v) is 6.83. The fourth-order valence-corrected chi connectivity index (χ4v) is 5.11. The minimum absolute atomic E-state index is 0.0852. The van der Waals surface area contributed by atoms with E-state index in [0.29, 0.717) is 5.41 Å². The Morgan fingerprint density at radius 2 is 1.53 bits per heavy atom. The molecule has 0 aromatic rings. The third-order valence-electron chi connectivity index (χ3n) is 5.26. The Bertz CT molecular complexity index is 208.